The number of hydrogen-bond acceptors (Lipinski definition) is 6. The Kier molecular flexibility index (Phi) is 7.73. The van der Waals surface area contributed by atoms with E-state index in [0.717, 1.165) is 51.1 Å². The topological polar surface area (TPSA) is 47.0 Å². The number of anilines is 3. The molecule has 6 heteroatoms. The third kappa shape index (κ3) is 5.54. The molecule has 3 heterocycles. The molecule has 260 valence electrons. The van der Waals surface area contributed by atoms with Crippen LogP contribution in [-0.4, -0.2) is 16.5 Å². The summed E-state index contributed by atoms with van der Waals surface area (Å²) in [7, 11) is 0. The Morgan fingerprint density at radius 2 is 1.67 bits per heavy atom. The molecule has 0 saturated carbocycles. The van der Waals surface area contributed by atoms with Gasteiger partial charge in [0.05, 0.1) is 16.3 Å². The van der Waals surface area contributed by atoms with Gasteiger partial charge >= 0.3 is 0 Å². The van der Waals surface area contributed by atoms with Crippen molar-refractivity contribution >= 4 is 34.9 Å². The van der Waals surface area contributed by atoms with Crippen LogP contribution in [0.3, 0.4) is 0 Å². The van der Waals surface area contributed by atoms with E-state index in [1.807, 2.05) is 12.3 Å². The summed E-state index contributed by atoms with van der Waals surface area (Å²) in [4.78, 5) is 14.9. The van der Waals surface area contributed by atoms with Crippen molar-refractivity contribution < 1.29 is 9.47 Å². The summed E-state index contributed by atoms with van der Waals surface area (Å²) >= 11 is 1.78. The molecule has 1 aromatic heterocycles. The SMILES string of the molecule is Cc1cc(Oc2cc(C3=N[C@]4(C)c5ccc(C)c(C)c5C[C@]4(C)O3)cc(C(C)C)c2)cc(N2c3ccc(C(C)(C)C)cc3Sc3cccnc32)c1. The number of hydrogen-bond donors (Lipinski definition) is 0. The van der Waals surface area contributed by atoms with Crippen LogP contribution in [0.25, 0.3) is 0 Å². The molecule has 0 radical (unpaired) electrons. The molecule has 4 aromatic carbocycles. The van der Waals surface area contributed by atoms with E-state index in [0.29, 0.717) is 11.8 Å². The van der Waals surface area contributed by atoms with Gasteiger partial charge in [0.2, 0.25) is 5.90 Å². The van der Waals surface area contributed by atoms with Gasteiger partial charge in [0.1, 0.15) is 22.6 Å². The maximum Gasteiger partial charge on any atom is 0.217 e. The lowest BCUT2D eigenvalue weighted by atomic mass is 9.84. The summed E-state index contributed by atoms with van der Waals surface area (Å²) in [6.45, 7) is 22.2. The normalized spacial score (nSPS) is 20.4. The molecule has 0 bridgehead atoms. The molecule has 0 saturated heterocycles. The van der Waals surface area contributed by atoms with Gasteiger partial charge in [-0.25, -0.2) is 9.98 Å². The van der Waals surface area contributed by atoms with Gasteiger partial charge in [-0.1, -0.05) is 64.6 Å². The first-order valence-electron chi connectivity index (χ1n) is 18.0. The Labute approximate surface area is 307 Å². The minimum Gasteiger partial charge on any atom is -0.468 e. The zero-order valence-electron chi connectivity index (χ0n) is 31.4. The number of aromatic nitrogens is 1. The van der Waals surface area contributed by atoms with Gasteiger partial charge < -0.3 is 9.47 Å². The quantitative estimate of drug-likeness (QED) is 0.180. The first-order chi connectivity index (χ1) is 24.1. The minimum atomic E-state index is -0.461. The average molecular weight is 694 g/mol. The maximum atomic E-state index is 6.87. The number of rotatable bonds is 5. The second kappa shape index (κ2) is 11.7. The van der Waals surface area contributed by atoms with Crippen molar-refractivity contribution in [2.24, 2.45) is 4.99 Å². The van der Waals surface area contributed by atoms with Crippen molar-refractivity contribution in [3.05, 3.63) is 130 Å². The second-order valence-corrected chi connectivity index (χ2v) is 17.4. The van der Waals surface area contributed by atoms with Crippen LogP contribution in [0, 0.1) is 20.8 Å². The van der Waals surface area contributed by atoms with E-state index in [1.54, 1.807) is 11.8 Å². The number of pyridine rings is 1. The molecule has 0 fully saturated rings. The molecule has 0 spiro atoms. The highest BCUT2D eigenvalue weighted by atomic mass is 32.2. The van der Waals surface area contributed by atoms with E-state index in [4.69, 9.17) is 19.5 Å². The van der Waals surface area contributed by atoms with E-state index in [-0.39, 0.29) is 5.41 Å². The number of aryl methyl sites for hydroxylation is 2. The molecule has 51 heavy (non-hydrogen) atoms. The lowest BCUT2D eigenvalue weighted by Gasteiger charge is -2.33. The lowest BCUT2D eigenvalue weighted by molar-refractivity contribution is 0.0475. The van der Waals surface area contributed by atoms with E-state index in [9.17, 15) is 0 Å². The molecule has 5 nitrogen and oxygen atoms in total. The fourth-order valence-corrected chi connectivity index (χ4v) is 8.86. The van der Waals surface area contributed by atoms with E-state index >= 15 is 0 Å². The molecular formula is C45H47N3O2S. The summed E-state index contributed by atoms with van der Waals surface area (Å²) < 4.78 is 13.7. The van der Waals surface area contributed by atoms with Gasteiger partial charge in [0, 0.05) is 29.1 Å². The third-order valence-corrected chi connectivity index (χ3v) is 12.3. The first-order valence-corrected chi connectivity index (χ1v) is 18.9. The average Bonchev–Trinajstić information content (AvgIpc) is 3.46. The van der Waals surface area contributed by atoms with Crippen molar-refractivity contribution in [1.29, 1.82) is 0 Å². The summed E-state index contributed by atoms with van der Waals surface area (Å²) in [5, 5.41) is 0. The van der Waals surface area contributed by atoms with Crippen LogP contribution in [0.2, 0.25) is 0 Å². The van der Waals surface area contributed by atoms with Gasteiger partial charge in [0.15, 0.2) is 5.82 Å². The zero-order chi connectivity index (χ0) is 36.0. The van der Waals surface area contributed by atoms with Crippen molar-refractivity contribution in [3.8, 4) is 11.5 Å². The van der Waals surface area contributed by atoms with Crippen LogP contribution in [0.5, 0.6) is 11.5 Å². The lowest BCUT2D eigenvalue weighted by Crippen LogP contribution is -2.41. The molecule has 3 aliphatic rings. The predicted octanol–water partition coefficient (Wildman–Crippen LogP) is 12.2. The van der Waals surface area contributed by atoms with Crippen LogP contribution in [0.4, 0.5) is 17.2 Å². The number of nitrogens with zero attached hydrogens (tertiary/aromatic N) is 3. The van der Waals surface area contributed by atoms with Crippen molar-refractivity contribution in [2.45, 2.75) is 108 Å². The standard InChI is InChI=1S/C45H47N3O2S/c1-26(2)30-20-31(42-47-45(10)37-15-13-28(4)29(5)36(37)25-44(45,9)50-42)22-35(21-30)49-34-19-27(3)18-33(24-34)48-38-16-14-32(43(6,7)8)23-40(38)51-39-12-11-17-46-41(39)48/h11-24,26H,25H2,1-10H3/t44-,45+/m0/s1. The van der Waals surface area contributed by atoms with Crippen LogP contribution < -0.4 is 9.64 Å². The number of benzene rings is 4. The zero-order valence-corrected chi connectivity index (χ0v) is 32.3. The Hall–Kier alpha value is -4.55. The largest absolute Gasteiger partial charge is 0.468 e. The summed E-state index contributed by atoms with van der Waals surface area (Å²) in [6, 6.07) is 28.3. The van der Waals surface area contributed by atoms with Crippen molar-refractivity contribution in [1.82, 2.24) is 4.98 Å². The number of aliphatic imine (C=N–C) groups is 1. The Morgan fingerprint density at radius 1 is 0.882 bits per heavy atom. The molecule has 0 amide bonds. The highest BCUT2D eigenvalue weighted by molar-refractivity contribution is 7.99. The smallest absolute Gasteiger partial charge is 0.217 e. The molecule has 2 aliphatic heterocycles. The molecule has 2 atom stereocenters. The maximum absolute atomic E-state index is 6.87. The fourth-order valence-electron chi connectivity index (χ4n) is 7.79. The molecule has 1 aliphatic carbocycles. The molecule has 0 N–H and O–H groups in total. The summed E-state index contributed by atoms with van der Waals surface area (Å²) in [5.41, 5.74) is 11.1. The van der Waals surface area contributed by atoms with Gasteiger partial charge in [0.25, 0.3) is 0 Å². The monoisotopic (exact) mass is 693 g/mol. The van der Waals surface area contributed by atoms with Gasteiger partial charge in [-0.3, -0.25) is 4.90 Å². The van der Waals surface area contributed by atoms with Gasteiger partial charge in [-0.05, 0) is 139 Å². The van der Waals surface area contributed by atoms with Gasteiger partial charge in [-0.15, -0.1) is 0 Å². The van der Waals surface area contributed by atoms with Crippen LogP contribution >= 0.6 is 11.8 Å². The van der Waals surface area contributed by atoms with Crippen LogP contribution in [0.15, 0.2) is 99.8 Å². The van der Waals surface area contributed by atoms with Crippen LogP contribution in [0.1, 0.15) is 98.9 Å². The van der Waals surface area contributed by atoms with E-state index in [2.05, 4.69) is 147 Å². The highest BCUT2D eigenvalue weighted by Gasteiger charge is 2.59. The molecular weight excluding hydrogens is 647 g/mol. The Bertz CT molecular complexity index is 2270. The summed E-state index contributed by atoms with van der Waals surface area (Å²) in [6.07, 6.45) is 2.71. The minimum absolute atomic E-state index is 0.0509. The van der Waals surface area contributed by atoms with Gasteiger partial charge in [-0.2, -0.15) is 0 Å². The number of ether oxygens (including phenoxy) is 2. The molecule has 5 aromatic rings. The molecule has 0 unspecified atom stereocenters. The molecule has 8 rings (SSSR count). The summed E-state index contributed by atoms with van der Waals surface area (Å²) in [5.74, 6) is 3.43. The highest BCUT2D eigenvalue weighted by Crippen LogP contribution is 2.55. The first kappa shape index (κ1) is 33.6. The predicted molar refractivity (Wildman–Crippen MR) is 210 cm³/mol. The van der Waals surface area contributed by atoms with Crippen molar-refractivity contribution in [3.63, 3.8) is 0 Å². The third-order valence-electron chi connectivity index (χ3n) is 11.2. The Morgan fingerprint density at radius 3 is 2.43 bits per heavy atom. The second-order valence-electron chi connectivity index (χ2n) is 16.3. The van der Waals surface area contributed by atoms with E-state index < -0.39 is 11.1 Å². The van der Waals surface area contributed by atoms with Crippen LogP contribution in [-0.2, 0) is 22.1 Å². The van der Waals surface area contributed by atoms with Crippen molar-refractivity contribution in [2.75, 3.05) is 4.90 Å². The Balaban J connectivity index is 1.18. The fraction of sp³-hybridized carbons (Fsp3) is 0.333. The van der Waals surface area contributed by atoms with E-state index in [1.165, 1.54) is 38.3 Å². The number of fused-ring (bicyclic) bond motifs is 5.